The number of aryl methyl sites for hydroxylation is 1. The molecule has 0 radical (unpaired) electrons. The fraction of sp³-hybridized carbons (Fsp3) is 0.391. The number of nitrogens with zero attached hydrogens (tertiary/aromatic N) is 1. The summed E-state index contributed by atoms with van der Waals surface area (Å²) in [5.74, 6) is -0.102. The van der Waals surface area contributed by atoms with Crippen LogP contribution in [0.1, 0.15) is 42.5 Å². The lowest BCUT2D eigenvalue weighted by molar-refractivity contribution is -0.151. The highest BCUT2D eigenvalue weighted by Crippen LogP contribution is 2.46. The molecule has 146 valence electrons. The van der Waals surface area contributed by atoms with Crippen molar-refractivity contribution in [3.63, 3.8) is 0 Å². The number of hydrogen-bond donors (Lipinski definition) is 1. The van der Waals surface area contributed by atoms with Gasteiger partial charge in [0, 0.05) is 24.6 Å². The maximum atomic E-state index is 12.9. The van der Waals surface area contributed by atoms with Crippen LogP contribution in [0.4, 0.5) is 5.69 Å². The van der Waals surface area contributed by atoms with Crippen molar-refractivity contribution >= 4 is 17.6 Å². The van der Waals surface area contributed by atoms with Crippen molar-refractivity contribution in [3.8, 4) is 0 Å². The fourth-order valence-electron chi connectivity index (χ4n) is 4.49. The van der Waals surface area contributed by atoms with Crippen LogP contribution in [0.2, 0.25) is 0 Å². The molecule has 0 saturated carbocycles. The lowest BCUT2D eigenvalue weighted by Crippen LogP contribution is -2.53. The zero-order chi connectivity index (χ0) is 19.7. The third-order valence-electron chi connectivity index (χ3n) is 5.75. The summed E-state index contributed by atoms with van der Waals surface area (Å²) in [6.45, 7) is 4.77. The molecule has 5 heteroatoms. The maximum absolute atomic E-state index is 12.9. The molecule has 0 unspecified atom stereocenters. The molecule has 28 heavy (non-hydrogen) atoms. The number of carbonyl (C=O) groups excluding carboxylic acids is 2. The SMILES string of the molecule is CCOC(=O)[C@H]1Nc2ccc(C)cc2[C@@H]2[C@H]1CCC(=O)N2Cc1ccccc1. The minimum atomic E-state index is -0.438. The molecular formula is C23H26N2O3. The maximum Gasteiger partial charge on any atom is 0.328 e. The summed E-state index contributed by atoms with van der Waals surface area (Å²) in [5, 5.41) is 3.39. The van der Waals surface area contributed by atoms with Crippen LogP contribution in [0.5, 0.6) is 0 Å². The van der Waals surface area contributed by atoms with E-state index in [0.29, 0.717) is 26.0 Å². The number of likely N-dealkylation sites (tertiary alicyclic amines) is 1. The minimum Gasteiger partial charge on any atom is -0.464 e. The Morgan fingerprint density at radius 2 is 2.00 bits per heavy atom. The van der Waals surface area contributed by atoms with E-state index in [1.165, 1.54) is 0 Å². The van der Waals surface area contributed by atoms with Gasteiger partial charge in [-0.05, 0) is 37.5 Å². The van der Waals surface area contributed by atoms with Crippen molar-refractivity contribution in [2.75, 3.05) is 11.9 Å². The van der Waals surface area contributed by atoms with Gasteiger partial charge in [-0.15, -0.1) is 0 Å². The summed E-state index contributed by atoms with van der Waals surface area (Å²) in [6, 6.07) is 15.6. The van der Waals surface area contributed by atoms with Crippen molar-refractivity contribution in [1.82, 2.24) is 4.90 Å². The van der Waals surface area contributed by atoms with E-state index in [0.717, 1.165) is 22.4 Å². The van der Waals surface area contributed by atoms with Crippen LogP contribution in [-0.4, -0.2) is 29.4 Å². The number of piperidine rings is 1. The Kier molecular flexibility index (Phi) is 5.07. The summed E-state index contributed by atoms with van der Waals surface area (Å²) in [5.41, 5.74) is 4.25. The summed E-state index contributed by atoms with van der Waals surface area (Å²) >= 11 is 0. The fourth-order valence-corrected chi connectivity index (χ4v) is 4.49. The quantitative estimate of drug-likeness (QED) is 0.822. The molecule has 1 amide bonds. The van der Waals surface area contributed by atoms with Gasteiger partial charge in [0.1, 0.15) is 6.04 Å². The van der Waals surface area contributed by atoms with Gasteiger partial charge >= 0.3 is 5.97 Å². The van der Waals surface area contributed by atoms with E-state index in [-0.39, 0.29) is 23.8 Å². The topological polar surface area (TPSA) is 58.6 Å². The molecule has 0 aromatic heterocycles. The summed E-state index contributed by atoms with van der Waals surface area (Å²) < 4.78 is 5.34. The number of nitrogens with one attached hydrogen (secondary N) is 1. The van der Waals surface area contributed by atoms with E-state index in [9.17, 15) is 9.59 Å². The average molecular weight is 378 g/mol. The first-order valence-electron chi connectivity index (χ1n) is 9.95. The molecule has 1 saturated heterocycles. The van der Waals surface area contributed by atoms with Crippen molar-refractivity contribution in [1.29, 1.82) is 0 Å². The first kappa shape index (κ1) is 18.5. The predicted molar refractivity (Wildman–Crippen MR) is 108 cm³/mol. The van der Waals surface area contributed by atoms with E-state index in [4.69, 9.17) is 4.74 Å². The lowest BCUT2D eigenvalue weighted by Gasteiger charge is -2.48. The largest absolute Gasteiger partial charge is 0.464 e. The molecule has 2 aliphatic heterocycles. The Morgan fingerprint density at radius 3 is 2.75 bits per heavy atom. The van der Waals surface area contributed by atoms with Gasteiger partial charge in [0.05, 0.1) is 12.6 Å². The number of fused-ring (bicyclic) bond motifs is 3. The Labute approximate surface area is 165 Å². The summed E-state index contributed by atoms with van der Waals surface area (Å²) in [4.78, 5) is 27.6. The number of rotatable bonds is 4. The molecule has 2 aromatic rings. The molecule has 3 atom stereocenters. The number of benzene rings is 2. The van der Waals surface area contributed by atoms with E-state index in [1.54, 1.807) is 0 Å². The second-order valence-corrected chi connectivity index (χ2v) is 7.62. The molecule has 1 fully saturated rings. The zero-order valence-electron chi connectivity index (χ0n) is 16.4. The molecule has 0 bridgehead atoms. The van der Waals surface area contributed by atoms with Crippen LogP contribution in [0, 0.1) is 12.8 Å². The van der Waals surface area contributed by atoms with Crippen LogP contribution in [0.15, 0.2) is 48.5 Å². The second-order valence-electron chi connectivity index (χ2n) is 7.62. The van der Waals surface area contributed by atoms with Crippen molar-refractivity contribution in [3.05, 3.63) is 65.2 Å². The molecule has 1 N–H and O–H groups in total. The van der Waals surface area contributed by atoms with E-state index >= 15 is 0 Å². The summed E-state index contributed by atoms with van der Waals surface area (Å²) in [7, 11) is 0. The molecule has 0 spiro atoms. The van der Waals surface area contributed by atoms with Crippen LogP contribution < -0.4 is 5.32 Å². The standard InChI is InChI=1S/C23H26N2O3/c1-3-28-23(27)21-17-10-12-20(26)25(14-16-7-5-4-6-8-16)22(17)18-13-15(2)9-11-19(18)24-21/h4-9,11,13,17,21-22,24H,3,10,12,14H2,1-2H3/t17-,21-,22-/m0/s1. The third kappa shape index (κ3) is 3.37. The molecule has 5 nitrogen and oxygen atoms in total. The van der Waals surface area contributed by atoms with Crippen LogP contribution >= 0.6 is 0 Å². The van der Waals surface area contributed by atoms with Gasteiger partial charge in [-0.3, -0.25) is 4.79 Å². The van der Waals surface area contributed by atoms with E-state index in [2.05, 4.69) is 18.3 Å². The first-order valence-corrected chi connectivity index (χ1v) is 9.95. The van der Waals surface area contributed by atoms with Gasteiger partial charge in [0.25, 0.3) is 0 Å². The zero-order valence-corrected chi connectivity index (χ0v) is 16.4. The highest BCUT2D eigenvalue weighted by atomic mass is 16.5. The monoisotopic (exact) mass is 378 g/mol. The molecule has 2 aromatic carbocycles. The normalized spacial score (nSPS) is 23.4. The van der Waals surface area contributed by atoms with Gasteiger partial charge in [0.15, 0.2) is 0 Å². The van der Waals surface area contributed by atoms with Crippen molar-refractivity contribution < 1.29 is 14.3 Å². The van der Waals surface area contributed by atoms with Gasteiger partial charge < -0.3 is 15.0 Å². The number of anilines is 1. The van der Waals surface area contributed by atoms with Crippen LogP contribution in [0.3, 0.4) is 0 Å². The number of esters is 1. The Balaban J connectivity index is 1.76. The van der Waals surface area contributed by atoms with Gasteiger partial charge in [0.2, 0.25) is 5.91 Å². The van der Waals surface area contributed by atoms with Gasteiger partial charge in [-0.2, -0.15) is 0 Å². The smallest absolute Gasteiger partial charge is 0.328 e. The van der Waals surface area contributed by atoms with E-state index in [1.807, 2.05) is 54.3 Å². The lowest BCUT2D eigenvalue weighted by atomic mass is 9.75. The Hall–Kier alpha value is -2.82. The summed E-state index contributed by atoms with van der Waals surface area (Å²) in [6.07, 6.45) is 1.13. The van der Waals surface area contributed by atoms with E-state index < -0.39 is 6.04 Å². The van der Waals surface area contributed by atoms with Gasteiger partial charge in [-0.25, -0.2) is 4.79 Å². The van der Waals surface area contributed by atoms with Gasteiger partial charge in [-0.1, -0.05) is 48.0 Å². The van der Waals surface area contributed by atoms with Crippen LogP contribution in [0.25, 0.3) is 0 Å². The van der Waals surface area contributed by atoms with Crippen LogP contribution in [-0.2, 0) is 20.9 Å². The molecule has 4 rings (SSSR count). The molecule has 2 heterocycles. The first-order chi connectivity index (χ1) is 13.6. The highest BCUT2D eigenvalue weighted by Gasteiger charge is 2.47. The average Bonchev–Trinajstić information content (AvgIpc) is 2.70. The Bertz CT molecular complexity index is 881. The molecule has 2 aliphatic rings. The van der Waals surface area contributed by atoms with Crippen molar-refractivity contribution in [2.45, 2.75) is 45.3 Å². The second kappa shape index (κ2) is 7.66. The number of carbonyl (C=O) groups is 2. The molecule has 0 aliphatic carbocycles. The number of ether oxygens (including phenoxy) is 1. The van der Waals surface area contributed by atoms with Crippen molar-refractivity contribution in [2.24, 2.45) is 5.92 Å². The Morgan fingerprint density at radius 1 is 1.21 bits per heavy atom. The minimum absolute atomic E-state index is 0.00485. The predicted octanol–water partition coefficient (Wildman–Crippen LogP) is 3.83. The number of amides is 1. The highest BCUT2D eigenvalue weighted by molar-refractivity contribution is 5.84. The third-order valence-corrected chi connectivity index (χ3v) is 5.75. The number of hydrogen-bond acceptors (Lipinski definition) is 4. The molecular weight excluding hydrogens is 352 g/mol.